The lowest BCUT2D eigenvalue weighted by atomic mass is 10.0. The molecular weight excluding hydrogens is 266 g/mol. The molecule has 0 saturated carbocycles. The van der Waals surface area contributed by atoms with Gasteiger partial charge in [-0.05, 0) is 38.0 Å². The monoisotopic (exact) mass is 281 g/mol. The van der Waals surface area contributed by atoms with Crippen molar-refractivity contribution in [1.29, 1.82) is 0 Å². The van der Waals surface area contributed by atoms with E-state index in [-0.39, 0.29) is 10.9 Å². The number of halogens is 1. The van der Waals surface area contributed by atoms with Gasteiger partial charge in [0.1, 0.15) is 5.75 Å². The molecule has 2 rings (SSSR count). The largest absolute Gasteiger partial charge is 0.507 e. The van der Waals surface area contributed by atoms with Gasteiger partial charge in [0.25, 0.3) is 0 Å². The van der Waals surface area contributed by atoms with Gasteiger partial charge in [-0.1, -0.05) is 34.5 Å². The predicted molar refractivity (Wildman–Crippen MR) is 74.9 cm³/mol. The first-order valence-electron chi connectivity index (χ1n) is 5.90. The highest BCUT2D eigenvalue weighted by Gasteiger charge is 2.05. The first kappa shape index (κ1) is 15.2. The third-order valence-electron chi connectivity index (χ3n) is 2.62. The van der Waals surface area contributed by atoms with Crippen LogP contribution in [0.4, 0.5) is 0 Å². The molecule has 0 fully saturated rings. The molecular formula is C14H16ClNO3. The number of rotatable bonds is 1. The number of allylic oxidation sites excluding steroid dienone is 2. The average molecular weight is 282 g/mol. The van der Waals surface area contributed by atoms with Crippen molar-refractivity contribution in [1.82, 2.24) is 0 Å². The van der Waals surface area contributed by atoms with Crippen LogP contribution in [0, 0.1) is 0 Å². The van der Waals surface area contributed by atoms with E-state index < -0.39 is 0 Å². The molecule has 0 unspecified atom stereocenters. The Bertz CT molecular complexity index is 509. The Hall–Kier alpha value is -1.81. The highest BCUT2D eigenvalue weighted by Crippen LogP contribution is 2.17. The predicted octanol–water partition coefficient (Wildman–Crippen LogP) is 3.45. The van der Waals surface area contributed by atoms with Gasteiger partial charge in [0.15, 0.2) is 11.0 Å². The number of para-hydroxylation sites is 1. The van der Waals surface area contributed by atoms with E-state index in [9.17, 15) is 4.79 Å². The van der Waals surface area contributed by atoms with Crippen molar-refractivity contribution in [2.75, 3.05) is 0 Å². The molecule has 5 heteroatoms. The third kappa shape index (κ3) is 5.14. The molecule has 1 aliphatic rings. The molecule has 0 spiro atoms. The fourth-order valence-corrected chi connectivity index (χ4v) is 1.82. The zero-order valence-electron chi connectivity index (χ0n) is 10.6. The Morgan fingerprint density at radius 3 is 2.47 bits per heavy atom. The van der Waals surface area contributed by atoms with E-state index in [0.717, 1.165) is 19.3 Å². The van der Waals surface area contributed by atoms with Crippen LogP contribution in [0.5, 0.6) is 5.75 Å². The number of benzene rings is 1. The standard InChI is InChI=1S/C7H6ClNO2.C7H10O/c8-7(9-11)5-3-1-2-4-6(5)10;1-6-3-2-4-7(8)5-6/h1-4,10-11H;5H,2-4H2,1H3/b9-7-;. The molecule has 0 amide bonds. The second-order valence-electron chi connectivity index (χ2n) is 4.22. The first-order chi connectivity index (χ1) is 9.04. The fourth-order valence-electron chi connectivity index (χ4n) is 1.66. The van der Waals surface area contributed by atoms with Crippen LogP contribution in [0.3, 0.4) is 0 Å². The van der Waals surface area contributed by atoms with Gasteiger partial charge in [0.2, 0.25) is 0 Å². The molecule has 0 bridgehead atoms. The number of hydrogen-bond acceptors (Lipinski definition) is 4. The lowest BCUT2D eigenvalue weighted by Crippen LogP contribution is -1.99. The second kappa shape index (κ2) is 7.59. The normalized spacial score (nSPS) is 15.4. The quantitative estimate of drug-likeness (QED) is 0.470. The molecule has 0 atom stereocenters. The van der Waals surface area contributed by atoms with E-state index in [1.165, 1.54) is 11.6 Å². The minimum absolute atomic E-state index is 0.00435. The van der Waals surface area contributed by atoms with Crippen LogP contribution in [0.25, 0.3) is 0 Å². The van der Waals surface area contributed by atoms with Gasteiger partial charge >= 0.3 is 0 Å². The summed E-state index contributed by atoms with van der Waals surface area (Å²) < 4.78 is 0. The van der Waals surface area contributed by atoms with E-state index in [2.05, 4.69) is 5.16 Å². The summed E-state index contributed by atoms with van der Waals surface area (Å²) in [5, 5.41) is 20.0. The Kier molecular flexibility index (Phi) is 6.09. The van der Waals surface area contributed by atoms with Crippen molar-refractivity contribution in [2.45, 2.75) is 26.2 Å². The number of phenols is 1. The number of aromatic hydroxyl groups is 1. The maximum atomic E-state index is 10.6. The highest BCUT2D eigenvalue weighted by atomic mass is 35.5. The Balaban J connectivity index is 0.000000200. The number of ketones is 1. The second-order valence-corrected chi connectivity index (χ2v) is 4.58. The molecule has 102 valence electrons. The molecule has 0 radical (unpaired) electrons. The number of phenolic OH excluding ortho intramolecular Hbond substituents is 1. The minimum atomic E-state index is -0.122. The maximum Gasteiger partial charge on any atom is 0.179 e. The summed E-state index contributed by atoms with van der Waals surface area (Å²) in [7, 11) is 0. The number of oxime groups is 1. The van der Waals surface area contributed by atoms with E-state index in [0.29, 0.717) is 11.3 Å². The summed E-state index contributed by atoms with van der Waals surface area (Å²) in [4.78, 5) is 10.6. The van der Waals surface area contributed by atoms with Crippen LogP contribution in [0.2, 0.25) is 0 Å². The summed E-state index contributed by atoms with van der Waals surface area (Å²) in [6.45, 7) is 2.01. The summed E-state index contributed by atoms with van der Waals surface area (Å²) in [6, 6.07) is 6.35. The van der Waals surface area contributed by atoms with Crippen LogP contribution in [0.15, 0.2) is 41.1 Å². The topological polar surface area (TPSA) is 69.9 Å². The van der Waals surface area contributed by atoms with Crippen molar-refractivity contribution in [3.63, 3.8) is 0 Å². The van der Waals surface area contributed by atoms with Crippen molar-refractivity contribution in [3.8, 4) is 5.75 Å². The van der Waals surface area contributed by atoms with Gasteiger partial charge in [0.05, 0.1) is 5.56 Å². The maximum absolute atomic E-state index is 10.6. The van der Waals surface area contributed by atoms with Crippen LogP contribution in [-0.4, -0.2) is 21.3 Å². The summed E-state index contributed by atoms with van der Waals surface area (Å²) in [5.41, 5.74) is 1.55. The van der Waals surface area contributed by atoms with E-state index in [1.807, 2.05) is 6.92 Å². The average Bonchev–Trinajstić information content (AvgIpc) is 2.39. The molecule has 19 heavy (non-hydrogen) atoms. The molecule has 0 saturated heterocycles. The molecule has 1 aromatic rings. The van der Waals surface area contributed by atoms with Gasteiger partial charge in [-0.15, -0.1) is 0 Å². The Labute approximate surface area is 117 Å². The summed E-state index contributed by atoms with van der Waals surface area (Å²) >= 11 is 5.44. The number of hydrogen-bond donors (Lipinski definition) is 2. The lowest BCUT2D eigenvalue weighted by Gasteiger charge is -2.04. The fraction of sp³-hybridized carbons (Fsp3) is 0.286. The SMILES string of the molecule is CC1=CC(=O)CCC1.O/N=C(\Cl)c1ccccc1O. The Morgan fingerprint density at radius 1 is 1.32 bits per heavy atom. The van der Waals surface area contributed by atoms with Gasteiger partial charge in [-0.25, -0.2) is 0 Å². The highest BCUT2D eigenvalue weighted by molar-refractivity contribution is 6.69. The van der Waals surface area contributed by atoms with Crippen molar-refractivity contribution in [2.24, 2.45) is 5.16 Å². The lowest BCUT2D eigenvalue weighted by molar-refractivity contribution is -0.115. The van der Waals surface area contributed by atoms with Crippen molar-refractivity contribution < 1.29 is 15.1 Å². The summed E-state index contributed by atoms with van der Waals surface area (Å²) in [6.07, 6.45) is 4.69. The zero-order valence-corrected chi connectivity index (χ0v) is 11.4. The third-order valence-corrected chi connectivity index (χ3v) is 2.89. The summed E-state index contributed by atoms with van der Waals surface area (Å²) in [5.74, 6) is 0.295. The van der Waals surface area contributed by atoms with Crippen molar-refractivity contribution >= 4 is 22.6 Å². The number of carbonyl (C=O) groups is 1. The number of carbonyl (C=O) groups excluding carboxylic acids is 1. The van der Waals surface area contributed by atoms with Crippen LogP contribution in [0.1, 0.15) is 31.7 Å². The van der Waals surface area contributed by atoms with Crippen LogP contribution >= 0.6 is 11.6 Å². The van der Waals surface area contributed by atoms with Crippen molar-refractivity contribution in [3.05, 3.63) is 41.5 Å². The molecule has 0 heterocycles. The van der Waals surface area contributed by atoms with Crippen LogP contribution < -0.4 is 0 Å². The number of nitrogens with zero attached hydrogens (tertiary/aromatic N) is 1. The molecule has 0 aliphatic heterocycles. The smallest absolute Gasteiger partial charge is 0.179 e. The van der Waals surface area contributed by atoms with Gasteiger partial charge < -0.3 is 10.3 Å². The molecule has 2 N–H and O–H groups in total. The van der Waals surface area contributed by atoms with E-state index in [1.54, 1.807) is 24.3 Å². The van der Waals surface area contributed by atoms with E-state index in [4.69, 9.17) is 21.9 Å². The molecule has 4 nitrogen and oxygen atoms in total. The zero-order chi connectivity index (χ0) is 14.3. The minimum Gasteiger partial charge on any atom is -0.507 e. The van der Waals surface area contributed by atoms with Crippen LogP contribution in [-0.2, 0) is 4.79 Å². The van der Waals surface area contributed by atoms with Gasteiger partial charge in [-0.2, -0.15) is 0 Å². The molecule has 1 aliphatic carbocycles. The van der Waals surface area contributed by atoms with Gasteiger partial charge in [0, 0.05) is 6.42 Å². The van der Waals surface area contributed by atoms with E-state index >= 15 is 0 Å². The first-order valence-corrected chi connectivity index (χ1v) is 6.28. The molecule has 1 aromatic carbocycles. The Morgan fingerprint density at radius 2 is 2.00 bits per heavy atom. The van der Waals surface area contributed by atoms with Gasteiger partial charge in [-0.3, -0.25) is 4.79 Å². The molecule has 0 aromatic heterocycles.